The van der Waals surface area contributed by atoms with Crippen LogP contribution >= 0.6 is 11.3 Å². The molecular weight excluding hydrogens is 290 g/mol. The molecule has 1 aromatic heterocycles. The lowest BCUT2D eigenvalue weighted by atomic mass is 10.2. The van der Waals surface area contributed by atoms with Crippen LogP contribution in [-0.4, -0.2) is 38.2 Å². The van der Waals surface area contributed by atoms with Crippen molar-refractivity contribution in [2.45, 2.75) is 36.2 Å². The molecule has 2 unspecified atom stereocenters. The van der Waals surface area contributed by atoms with Gasteiger partial charge in [-0.05, 0) is 31.9 Å². The number of ether oxygens (including phenoxy) is 1. The first-order chi connectivity index (χ1) is 8.88. The molecule has 0 radical (unpaired) electrons. The SMILES string of the molecule is Cc1ccc(S(=O)(=O)NCC2CCC(C(=O)O)O2)s1. The second kappa shape index (κ2) is 5.58. The monoisotopic (exact) mass is 305 g/mol. The minimum atomic E-state index is -3.52. The molecule has 1 saturated heterocycles. The Morgan fingerprint density at radius 2 is 2.26 bits per heavy atom. The topological polar surface area (TPSA) is 92.7 Å². The van der Waals surface area contributed by atoms with E-state index in [-0.39, 0.29) is 16.9 Å². The number of thiophene rings is 1. The van der Waals surface area contributed by atoms with Gasteiger partial charge in [-0.15, -0.1) is 11.3 Å². The summed E-state index contributed by atoms with van der Waals surface area (Å²) in [5.41, 5.74) is 0. The molecule has 2 atom stereocenters. The van der Waals surface area contributed by atoms with E-state index in [9.17, 15) is 13.2 Å². The summed E-state index contributed by atoms with van der Waals surface area (Å²) in [5, 5.41) is 8.78. The Bertz CT molecular complexity index is 565. The van der Waals surface area contributed by atoms with E-state index in [0.29, 0.717) is 12.8 Å². The van der Waals surface area contributed by atoms with E-state index < -0.39 is 22.1 Å². The van der Waals surface area contributed by atoms with E-state index in [2.05, 4.69) is 4.72 Å². The average molecular weight is 305 g/mol. The zero-order valence-electron chi connectivity index (χ0n) is 10.3. The molecule has 106 valence electrons. The quantitative estimate of drug-likeness (QED) is 0.845. The predicted molar refractivity (Wildman–Crippen MR) is 69.8 cm³/mol. The number of rotatable bonds is 5. The van der Waals surface area contributed by atoms with Crippen LogP contribution in [0.1, 0.15) is 17.7 Å². The van der Waals surface area contributed by atoms with Gasteiger partial charge in [0, 0.05) is 11.4 Å². The molecule has 6 nitrogen and oxygen atoms in total. The van der Waals surface area contributed by atoms with Crippen LogP contribution in [0.25, 0.3) is 0 Å². The molecule has 1 aliphatic rings. The summed E-state index contributed by atoms with van der Waals surface area (Å²) in [6.45, 7) is 1.93. The lowest BCUT2D eigenvalue weighted by molar-refractivity contribution is -0.149. The number of carbonyl (C=O) groups is 1. The van der Waals surface area contributed by atoms with Gasteiger partial charge in [-0.3, -0.25) is 0 Å². The maximum atomic E-state index is 11.9. The third-order valence-electron chi connectivity index (χ3n) is 2.86. The van der Waals surface area contributed by atoms with Crippen molar-refractivity contribution < 1.29 is 23.1 Å². The third kappa shape index (κ3) is 3.53. The predicted octanol–water partition coefficient (Wildman–Crippen LogP) is 0.967. The molecule has 2 rings (SSSR count). The molecule has 2 N–H and O–H groups in total. The number of carboxylic acid groups (broad SMARTS) is 1. The average Bonchev–Trinajstić information content (AvgIpc) is 2.95. The summed E-state index contributed by atoms with van der Waals surface area (Å²) in [7, 11) is -3.52. The summed E-state index contributed by atoms with van der Waals surface area (Å²) in [5.74, 6) is -1.00. The van der Waals surface area contributed by atoms with Gasteiger partial charge >= 0.3 is 5.97 Å². The minimum absolute atomic E-state index is 0.100. The number of sulfonamides is 1. The van der Waals surface area contributed by atoms with Crippen LogP contribution < -0.4 is 4.72 Å². The van der Waals surface area contributed by atoms with Crippen molar-refractivity contribution in [3.05, 3.63) is 17.0 Å². The van der Waals surface area contributed by atoms with E-state index in [1.54, 1.807) is 12.1 Å². The first-order valence-corrected chi connectivity index (χ1v) is 8.13. The Morgan fingerprint density at radius 1 is 1.53 bits per heavy atom. The second-order valence-corrected chi connectivity index (χ2v) is 7.66. The van der Waals surface area contributed by atoms with Crippen molar-refractivity contribution in [3.63, 3.8) is 0 Å². The Hall–Kier alpha value is -0.960. The van der Waals surface area contributed by atoms with Crippen molar-refractivity contribution in [1.29, 1.82) is 0 Å². The molecule has 1 aliphatic heterocycles. The molecule has 8 heteroatoms. The van der Waals surface area contributed by atoms with Gasteiger partial charge in [0.1, 0.15) is 4.21 Å². The summed E-state index contributed by atoms with van der Waals surface area (Å²) < 4.78 is 31.8. The van der Waals surface area contributed by atoms with Crippen LogP contribution in [-0.2, 0) is 19.6 Å². The molecule has 0 amide bonds. The Balaban J connectivity index is 1.91. The largest absolute Gasteiger partial charge is 0.479 e. The van der Waals surface area contributed by atoms with E-state index in [0.717, 1.165) is 4.88 Å². The highest BCUT2D eigenvalue weighted by Gasteiger charge is 2.31. The van der Waals surface area contributed by atoms with Crippen molar-refractivity contribution in [3.8, 4) is 0 Å². The molecular formula is C11H15NO5S2. The zero-order valence-corrected chi connectivity index (χ0v) is 12.0. The van der Waals surface area contributed by atoms with Crippen LogP contribution in [0.2, 0.25) is 0 Å². The van der Waals surface area contributed by atoms with Crippen LogP contribution in [0, 0.1) is 6.92 Å². The summed E-state index contributed by atoms with van der Waals surface area (Å²) in [4.78, 5) is 11.6. The van der Waals surface area contributed by atoms with Crippen molar-refractivity contribution >= 4 is 27.3 Å². The fourth-order valence-corrected chi connectivity index (χ4v) is 4.26. The first-order valence-electron chi connectivity index (χ1n) is 5.83. The molecule has 0 aliphatic carbocycles. The maximum absolute atomic E-state index is 11.9. The number of aryl methyl sites for hydroxylation is 1. The van der Waals surface area contributed by atoms with Crippen LogP contribution in [0.15, 0.2) is 16.3 Å². The number of aliphatic carboxylic acids is 1. The normalized spacial score (nSPS) is 23.6. The van der Waals surface area contributed by atoms with Crippen molar-refractivity contribution in [2.75, 3.05) is 6.54 Å². The molecule has 0 saturated carbocycles. The minimum Gasteiger partial charge on any atom is -0.479 e. The van der Waals surface area contributed by atoms with Crippen LogP contribution in [0.3, 0.4) is 0 Å². The Morgan fingerprint density at radius 3 is 2.79 bits per heavy atom. The molecule has 1 aromatic rings. The smallest absolute Gasteiger partial charge is 0.332 e. The summed E-state index contributed by atoms with van der Waals surface area (Å²) >= 11 is 1.20. The van der Waals surface area contributed by atoms with Gasteiger partial charge in [-0.2, -0.15) is 0 Å². The van der Waals surface area contributed by atoms with Crippen LogP contribution in [0.5, 0.6) is 0 Å². The molecule has 19 heavy (non-hydrogen) atoms. The lowest BCUT2D eigenvalue weighted by Crippen LogP contribution is -2.32. The van der Waals surface area contributed by atoms with Crippen LogP contribution in [0.4, 0.5) is 0 Å². The fourth-order valence-electron chi connectivity index (χ4n) is 1.87. The van der Waals surface area contributed by atoms with E-state index >= 15 is 0 Å². The fraction of sp³-hybridized carbons (Fsp3) is 0.545. The molecule has 2 heterocycles. The van der Waals surface area contributed by atoms with Gasteiger partial charge in [0.2, 0.25) is 10.0 Å². The highest BCUT2D eigenvalue weighted by atomic mass is 32.2. The van der Waals surface area contributed by atoms with Gasteiger partial charge in [0.25, 0.3) is 0 Å². The van der Waals surface area contributed by atoms with Gasteiger partial charge in [0.05, 0.1) is 6.10 Å². The van der Waals surface area contributed by atoms with E-state index in [4.69, 9.17) is 9.84 Å². The Labute approximate surface area is 115 Å². The van der Waals surface area contributed by atoms with Gasteiger partial charge in [-0.25, -0.2) is 17.9 Å². The molecule has 1 fully saturated rings. The standard InChI is InChI=1S/C11H15NO5S2/c1-7-2-5-10(18-7)19(15,16)12-6-8-3-4-9(17-8)11(13)14/h2,5,8-9,12H,3-4,6H2,1H3,(H,13,14). The number of carboxylic acids is 1. The van der Waals surface area contributed by atoms with Gasteiger partial charge < -0.3 is 9.84 Å². The Kier molecular flexibility index (Phi) is 4.24. The lowest BCUT2D eigenvalue weighted by Gasteiger charge is -2.11. The summed E-state index contributed by atoms with van der Waals surface area (Å²) in [6.07, 6.45) is -0.238. The number of nitrogens with one attached hydrogen (secondary N) is 1. The van der Waals surface area contributed by atoms with E-state index in [1.165, 1.54) is 11.3 Å². The number of hydrogen-bond donors (Lipinski definition) is 2. The first kappa shape index (κ1) is 14.4. The van der Waals surface area contributed by atoms with E-state index in [1.807, 2.05) is 6.92 Å². The zero-order chi connectivity index (χ0) is 14.0. The third-order valence-corrected chi connectivity index (χ3v) is 5.78. The molecule has 0 aromatic carbocycles. The highest BCUT2D eigenvalue weighted by Crippen LogP contribution is 2.22. The maximum Gasteiger partial charge on any atom is 0.332 e. The highest BCUT2D eigenvalue weighted by molar-refractivity contribution is 7.91. The second-order valence-electron chi connectivity index (χ2n) is 4.38. The van der Waals surface area contributed by atoms with Gasteiger partial charge in [0.15, 0.2) is 6.10 Å². The summed E-state index contributed by atoms with van der Waals surface area (Å²) in [6, 6.07) is 3.30. The van der Waals surface area contributed by atoms with Gasteiger partial charge in [-0.1, -0.05) is 0 Å². The molecule has 0 spiro atoms. The molecule has 0 bridgehead atoms. The van der Waals surface area contributed by atoms with Crippen molar-refractivity contribution in [2.24, 2.45) is 0 Å². The number of hydrogen-bond acceptors (Lipinski definition) is 5. The van der Waals surface area contributed by atoms with Crippen molar-refractivity contribution in [1.82, 2.24) is 4.72 Å².